The molecular formula is C16H21NO2S. The molecule has 1 unspecified atom stereocenters. The van der Waals surface area contributed by atoms with Crippen molar-refractivity contribution in [1.29, 1.82) is 0 Å². The Kier molecular flexibility index (Phi) is 6.25. The second-order valence-electron chi connectivity index (χ2n) is 4.69. The summed E-state index contributed by atoms with van der Waals surface area (Å²) in [5.41, 5.74) is 7.59. The maximum Gasteiger partial charge on any atom is 0.134 e. The first kappa shape index (κ1) is 15.2. The highest BCUT2D eigenvalue weighted by atomic mass is 32.2. The fraction of sp³-hybridized carbons (Fsp3) is 0.500. The zero-order valence-electron chi connectivity index (χ0n) is 11.9. The molecule has 1 saturated heterocycles. The summed E-state index contributed by atoms with van der Waals surface area (Å²) in [6, 6.07) is 6.15. The molecule has 2 rings (SSSR count). The molecule has 1 heterocycles. The van der Waals surface area contributed by atoms with Gasteiger partial charge in [-0.3, -0.25) is 0 Å². The fourth-order valence-electron chi connectivity index (χ4n) is 2.17. The first-order valence-corrected chi connectivity index (χ1v) is 8.04. The summed E-state index contributed by atoms with van der Waals surface area (Å²) in [6.07, 6.45) is 2.84. The van der Waals surface area contributed by atoms with E-state index in [4.69, 9.17) is 15.2 Å². The van der Waals surface area contributed by atoms with Gasteiger partial charge >= 0.3 is 0 Å². The SMILES string of the molecule is COc1ccc(CSCC2CCCO2)cc1C#CCN. The average molecular weight is 291 g/mol. The predicted molar refractivity (Wildman–Crippen MR) is 84.1 cm³/mol. The van der Waals surface area contributed by atoms with E-state index in [-0.39, 0.29) is 0 Å². The van der Waals surface area contributed by atoms with E-state index in [0.717, 1.165) is 29.4 Å². The Bertz CT molecular complexity index is 487. The molecule has 1 aliphatic heterocycles. The highest BCUT2D eigenvalue weighted by Gasteiger charge is 2.15. The van der Waals surface area contributed by atoms with E-state index in [0.29, 0.717) is 12.6 Å². The molecule has 20 heavy (non-hydrogen) atoms. The van der Waals surface area contributed by atoms with Crippen LogP contribution in [0.4, 0.5) is 0 Å². The van der Waals surface area contributed by atoms with Crippen LogP contribution in [0.25, 0.3) is 0 Å². The van der Waals surface area contributed by atoms with Crippen molar-refractivity contribution in [1.82, 2.24) is 0 Å². The van der Waals surface area contributed by atoms with Crippen LogP contribution in [0, 0.1) is 11.8 Å². The normalized spacial score (nSPS) is 17.6. The monoisotopic (exact) mass is 291 g/mol. The quantitative estimate of drug-likeness (QED) is 0.846. The second-order valence-corrected chi connectivity index (χ2v) is 5.72. The van der Waals surface area contributed by atoms with Crippen molar-refractivity contribution in [3.8, 4) is 17.6 Å². The van der Waals surface area contributed by atoms with Gasteiger partial charge in [-0.2, -0.15) is 11.8 Å². The molecule has 0 aliphatic carbocycles. The number of hydrogen-bond donors (Lipinski definition) is 1. The van der Waals surface area contributed by atoms with Gasteiger partial charge < -0.3 is 15.2 Å². The summed E-state index contributed by atoms with van der Waals surface area (Å²) in [5.74, 6) is 8.78. The minimum atomic E-state index is 0.362. The maximum absolute atomic E-state index is 5.63. The molecule has 3 nitrogen and oxygen atoms in total. The summed E-state index contributed by atoms with van der Waals surface area (Å²) in [7, 11) is 1.66. The molecule has 0 radical (unpaired) electrons. The predicted octanol–water partition coefficient (Wildman–Crippen LogP) is 2.42. The van der Waals surface area contributed by atoms with Gasteiger partial charge in [0.25, 0.3) is 0 Å². The molecule has 0 bridgehead atoms. The van der Waals surface area contributed by atoms with Gasteiger partial charge in [0.2, 0.25) is 0 Å². The molecule has 0 amide bonds. The topological polar surface area (TPSA) is 44.5 Å². The van der Waals surface area contributed by atoms with Crippen LogP contribution in [-0.2, 0) is 10.5 Å². The lowest BCUT2D eigenvalue weighted by molar-refractivity contribution is 0.129. The molecule has 1 aromatic carbocycles. The van der Waals surface area contributed by atoms with Gasteiger partial charge in [0.15, 0.2) is 0 Å². The third-order valence-corrected chi connectivity index (χ3v) is 4.33. The molecule has 1 aromatic rings. The molecule has 0 saturated carbocycles. The summed E-state index contributed by atoms with van der Waals surface area (Å²) in [4.78, 5) is 0. The van der Waals surface area contributed by atoms with E-state index >= 15 is 0 Å². The standard InChI is InChI=1S/C16H21NO2S/c1-18-16-7-6-13(10-14(16)4-2-8-17)11-20-12-15-5-3-9-19-15/h6-7,10,15H,3,5,8-9,11-12,17H2,1H3. The van der Waals surface area contributed by atoms with Crippen LogP contribution in [0.3, 0.4) is 0 Å². The van der Waals surface area contributed by atoms with Crippen molar-refractivity contribution in [2.75, 3.05) is 26.0 Å². The zero-order valence-corrected chi connectivity index (χ0v) is 12.7. The van der Waals surface area contributed by atoms with E-state index in [2.05, 4.69) is 24.0 Å². The fourth-order valence-corrected chi connectivity index (χ4v) is 3.23. The van der Waals surface area contributed by atoms with Crippen LogP contribution in [0.1, 0.15) is 24.0 Å². The Morgan fingerprint density at radius 3 is 3.10 bits per heavy atom. The number of thioether (sulfide) groups is 1. The Labute approximate surface area is 125 Å². The molecule has 0 aromatic heterocycles. The number of benzene rings is 1. The molecule has 0 spiro atoms. The molecule has 1 fully saturated rings. The van der Waals surface area contributed by atoms with Crippen molar-refractivity contribution in [3.05, 3.63) is 29.3 Å². The summed E-state index contributed by atoms with van der Waals surface area (Å²) < 4.78 is 10.9. The third-order valence-electron chi connectivity index (χ3n) is 3.19. The Balaban J connectivity index is 1.93. The minimum Gasteiger partial charge on any atom is -0.495 e. The van der Waals surface area contributed by atoms with E-state index < -0.39 is 0 Å². The first-order chi connectivity index (χ1) is 9.83. The van der Waals surface area contributed by atoms with Crippen molar-refractivity contribution in [3.63, 3.8) is 0 Å². The van der Waals surface area contributed by atoms with Crippen LogP contribution in [0.15, 0.2) is 18.2 Å². The smallest absolute Gasteiger partial charge is 0.134 e. The van der Waals surface area contributed by atoms with Crippen LogP contribution < -0.4 is 10.5 Å². The number of rotatable bonds is 5. The van der Waals surface area contributed by atoms with Gasteiger partial charge in [-0.25, -0.2) is 0 Å². The molecule has 108 valence electrons. The van der Waals surface area contributed by atoms with Crippen LogP contribution in [-0.4, -0.2) is 32.1 Å². The first-order valence-electron chi connectivity index (χ1n) is 6.88. The van der Waals surface area contributed by atoms with Crippen molar-refractivity contribution in [2.24, 2.45) is 5.73 Å². The van der Waals surface area contributed by atoms with Crippen molar-refractivity contribution in [2.45, 2.75) is 24.7 Å². The lowest BCUT2D eigenvalue weighted by Gasteiger charge is -2.10. The molecule has 4 heteroatoms. The van der Waals surface area contributed by atoms with Crippen LogP contribution >= 0.6 is 11.8 Å². The molecule has 2 N–H and O–H groups in total. The van der Waals surface area contributed by atoms with Crippen molar-refractivity contribution < 1.29 is 9.47 Å². The number of methoxy groups -OCH3 is 1. The highest BCUT2D eigenvalue weighted by molar-refractivity contribution is 7.98. The number of hydrogen-bond acceptors (Lipinski definition) is 4. The summed E-state index contributed by atoms with van der Waals surface area (Å²) >= 11 is 1.91. The number of nitrogens with two attached hydrogens (primary N) is 1. The number of ether oxygens (including phenoxy) is 2. The Hall–Kier alpha value is -1.15. The average Bonchev–Trinajstić information content (AvgIpc) is 2.98. The van der Waals surface area contributed by atoms with Crippen LogP contribution in [0.2, 0.25) is 0 Å². The van der Waals surface area contributed by atoms with Crippen LogP contribution in [0.5, 0.6) is 5.75 Å². The van der Waals surface area contributed by atoms with Gasteiger partial charge in [0.1, 0.15) is 5.75 Å². The molecule has 1 aliphatic rings. The van der Waals surface area contributed by atoms with Crippen molar-refractivity contribution >= 4 is 11.8 Å². The Morgan fingerprint density at radius 1 is 1.50 bits per heavy atom. The molecular weight excluding hydrogens is 270 g/mol. The van der Waals surface area contributed by atoms with Gasteiger partial charge in [-0.05, 0) is 30.5 Å². The largest absolute Gasteiger partial charge is 0.495 e. The van der Waals surface area contributed by atoms with Gasteiger partial charge in [0, 0.05) is 18.1 Å². The van der Waals surface area contributed by atoms with Gasteiger partial charge in [-0.15, -0.1) is 0 Å². The van der Waals surface area contributed by atoms with Gasteiger partial charge in [-0.1, -0.05) is 17.9 Å². The van der Waals surface area contributed by atoms with E-state index in [1.165, 1.54) is 18.4 Å². The van der Waals surface area contributed by atoms with E-state index in [1.54, 1.807) is 7.11 Å². The summed E-state index contributed by atoms with van der Waals surface area (Å²) in [6.45, 7) is 1.29. The van der Waals surface area contributed by atoms with E-state index in [1.807, 2.05) is 17.8 Å². The van der Waals surface area contributed by atoms with E-state index in [9.17, 15) is 0 Å². The molecule has 1 atom stereocenters. The minimum absolute atomic E-state index is 0.362. The Morgan fingerprint density at radius 2 is 2.40 bits per heavy atom. The highest BCUT2D eigenvalue weighted by Crippen LogP contribution is 2.24. The summed E-state index contributed by atoms with van der Waals surface area (Å²) in [5, 5.41) is 0. The third kappa shape index (κ3) is 4.45. The lowest BCUT2D eigenvalue weighted by Crippen LogP contribution is -2.07. The lowest BCUT2D eigenvalue weighted by atomic mass is 10.1. The van der Waals surface area contributed by atoms with Gasteiger partial charge in [0.05, 0.1) is 25.3 Å². The second kappa shape index (κ2) is 8.21. The maximum atomic E-state index is 5.63. The zero-order chi connectivity index (χ0) is 14.2.